The van der Waals surface area contributed by atoms with Crippen LogP contribution in [-0.4, -0.2) is 22.7 Å². The number of nitro benzene ring substituents is 1. The maximum absolute atomic E-state index is 12.8. The molecule has 9 nitrogen and oxygen atoms in total. The summed E-state index contributed by atoms with van der Waals surface area (Å²) in [5.41, 5.74) is 5.75. The average Bonchev–Trinajstić information content (AvgIpc) is 2.82. The van der Waals surface area contributed by atoms with Crippen molar-refractivity contribution in [2.75, 3.05) is 0 Å². The lowest BCUT2D eigenvalue weighted by Gasteiger charge is -2.19. The predicted molar refractivity (Wildman–Crippen MR) is 124 cm³/mol. The summed E-state index contributed by atoms with van der Waals surface area (Å²) in [5, 5.41) is 14.4. The van der Waals surface area contributed by atoms with E-state index in [4.69, 9.17) is 22.1 Å². The van der Waals surface area contributed by atoms with E-state index in [1.54, 1.807) is 54.6 Å². The Bertz CT molecular complexity index is 1230. The van der Waals surface area contributed by atoms with Crippen molar-refractivity contribution < 1.29 is 24.0 Å². The molecule has 0 spiro atoms. The van der Waals surface area contributed by atoms with Crippen LogP contribution in [-0.2, 0) is 16.1 Å². The lowest BCUT2D eigenvalue weighted by atomic mass is 10.0. The van der Waals surface area contributed by atoms with Crippen LogP contribution in [0.1, 0.15) is 44.3 Å². The first-order chi connectivity index (χ1) is 16.3. The number of amides is 2. The minimum Gasteiger partial charge on any atom is -0.460 e. The summed E-state index contributed by atoms with van der Waals surface area (Å²) in [6, 6.07) is 18.2. The Morgan fingerprint density at radius 3 is 2.35 bits per heavy atom. The number of ether oxygens (including phenoxy) is 1. The molecule has 1 atom stereocenters. The van der Waals surface area contributed by atoms with Crippen LogP contribution in [0.3, 0.4) is 0 Å². The van der Waals surface area contributed by atoms with E-state index in [1.807, 2.05) is 0 Å². The molecule has 34 heavy (non-hydrogen) atoms. The van der Waals surface area contributed by atoms with Crippen molar-refractivity contribution in [3.05, 3.63) is 110 Å². The van der Waals surface area contributed by atoms with Crippen molar-refractivity contribution in [3.8, 4) is 0 Å². The fraction of sp³-hybridized carbons (Fsp3) is 0.125. The number of nitro groups is 1. The van der Waals surface area contributed by atoms with E-state index in [2.05, 4.69) is 5.32 Å². The molecule has 0 bridgehead atoms. The number of rotatable bonds is 9. The second kappa shape index (κ2) is 11.1. The number of benzene rings is 3. The molecule has 2 amide bonds. The first-order valence-electron chi connectivity index (χ1n) is 10.1. The first kappa shape index (κ1) is 24.4. The summed E-state index contributed by atoms with van der Waals surface area (Å²) in [5.74, 6) is -1.97. The van der Waals surface area contributed by atoms with Gasteiger partial charge in [-0.15, -0.1) is 0 Å². The Labute approximate surface area is 199 Å². The van der Waals surface area contributed by atoms with Crippen molar-refractivity contribution in [1.82, 2.24) is 5.32 Å². The van der Waals surface area contributed by atoms with Crippen LogP contribution in [0.2, 0.25) is 5.02 Å². The maximum Gasteiger partial charge on any atom is 0.308 e. The summed E-state index contributed by atoms with van der Waals surface area (Å²) in [4.78, 5) is 47.3. The Morgan fingerprint density at radius 1 is 1.03 bits per heavy atom. The van der Waals surface area contributed by atoms with E-state index in [0.717, 1.165) is 6.07 Å². The van der Waals surface area contributed by atoms with Crippen LogP contribution >= 0.6 is 11.6 Å². The molecular weight excluding hydrogens is 462 g/mol. The highest BCUT2D eigenvalue weighted by Crippen LogP contribution is 2.23. The number of carbonyl (C=O) groups excluding carboxylic acids is 3. The zero-order chi connectivity index (χ0) is 24.7. The lowest BCUT2D eigenvalue weighted by molar-refractivity contribution is -0.385. The predicted octanol–water partition coefficient (Wildman–Crippen LogP) is 3.95. The molecule has 0 aliphatic rings. The number of nitrogens with one attached hydrogen (secondary N) is 1. The molecule has 0 saturated heterocycles. The molecule has 3 rings (SSSR count). The third-order valence-electron chi connectivity index (χ3n) is 4.95. The van der Waals surface area contributed by atoms with E-state index in [1.165, 1.54) is 12.1 Å². The SMILES string of the molecule is NC(=O)c1ccc(COC(=O)CC(NC(=O)c2ccccc2Cl)c2ccccc2)c([N+](=O)[O-])c1. The number of nitrogens with two attached hydrogens (primary N) is 1. The second-order valence-electron chi connectivity index (χ2n) is 7.25. The van der Waals surface area contributed by atoms with E-state index >= 15 is 0 Å². The van der Waals surface area contributed by atoms with Gasteiger partial charge in [0.2, 0.25) is 5.91 Å². The molecule has 0 saturated carbocycles. The number of halogens is 1. The van der Waals surface area contributed by atoms with Gasteiger partial charge in [-0.05, 0) is 29.8 Å². The van der Waals surface area contributed by atoms with E-state index in [0.29, 0.717) is 5.56 Å². The Balaban J connectivity index is 1.74. The number of hydrogen-bond acceptors (Lipinski definition) is 6. The average molecular weight is 482 g/mol. The molecule has 0 radical (unpaired) electrons. The summed E-state index contributed by atoms with van der Waals surface area (Å²) in [6.45, 7) is -0.395. The van der Waals surface area contributed by atoms with Crippen LogP contribution in [0.4, 0.5) is 5.69 Å². The monoisotopic (exact) mass is 481 g/mol. The molecule has 10 heteroatoms. The van der Waals surface area contributed by atoms with Gasteiger partial charge in [-0.2, -0.15) is 0 Å². The minimum atomic E-state index is -0.813. The highest BCUT2D eigenvalue weighted by atomic mass is 35.5. The van der Waals surface area contributed by atoms with E-state index < -0.39 is 41.0 Å². The van der Waals surface area contributed by atoms with Gasteiger partial charge in [0.1, 0.15) is 6.61 Å². The zero-order valence-corrected chi connectivity index (χ0v) is 18.5. The third-order valence-corrected chi connectivity index (χ3v) is 5.28. The highest BCUT2D eigenvalue weighted by molar-refractivity contribution is 6.33. The van der Waals surface area contributed by atoms with Crippen LogP contribution < -0.4 is 11.1 Å². The number of carbonyl (C=O) groups is 3. The van der Waals surface area contributed by atoms with Gasteiger partial charge in [-0.3, -0.25) is 24.5 Å². The topological polar surface area (TPSA) is 142 Å². The van der Waals surface area contributed by atoms with Crippen molar-refractivity contribution in [2.45, 2.75) is 19.1 Å². The highest BCUT2D eigenvalue weighted by Gasteiger charge is 2.23. The number of esters is 1. The third kappa shape index (κ3) is 6.17. The molecule has 0 fully saturated rings. The molecule has 1 unspecified atom stereocenters. The fourth-order valence-electron chi connectivity index (χ4n) is 3.21. The minimum absolute atomic E-state index is 0.0341. The van der Waals surface area contributed by atoms with Crippen molar-refractivity contribution in [2.24, 2.45) is 5.73 Å². The first-order valence-corrected chi connectivity index (χ1v) is 10.5. The molecule has 174 valence electrons. The number of primary amides is 1. The van der Waals surface area contributed by atoms with E-state index in [9.17, 15) is 24.5 Å². The summed E-state index contributed by atoms with van der Waals surface area (Å²) in [7, 11) is 0. The smallest absolute Gasteiger partial charge is 0.308 e. The molecule has 0 aliphatic heterocycles. The number of nitrogens with zero attached hydrogens (tertiary/aromatic N) is 1. The molecule has 0 aromatic heterocycles. The zero-order valence-electron chi connectivity index (χ0n) is 17.8. The Hall–Kier alpha value is -4.24. The fourth-order valence-corrected chi connectivity index (χ4v) is 3.43. The Kier molecular flexibility index (Phi) is 7.94. The normalized spacial score (nSPS) is 11.3. The second-order valence-corrected chi connectivity index (χ2v) is 7.65. The largest absolute Gasteiger partial charge is 0.460 e. The van der Waals surface area contributed by atoms with Crippen molar-refractivity contribution >= 4 is 35.1 Å². The van der Waals surface area contributed by atoms with Gasteiger partial charge in [0.25, 0.3) is 11.6 Å². The molecule has 0 heterocycles. The van der Waals surface area contributed by atoms with Crippen LogP contribution in [0.15, 0.2) is 72.8 Å². The van der Waals surface area contributed by atoms with Gasteiger partial charge >= 0.3 is 5.97 Å². The van der Waals surface area contributed by atoms with Gasteiger partial charge in [0, 0.05) is 11.6 Å². The number of hydrogen-bond donors (Lipinski definition) is 2. The van der Waals surface area contributed by atoms with Crippen molar-refractivity contribution in [3.63, 3.8) is 0 Å². The summed E-state index contributed by atoms with van der Waals surface area (Å²) >= 11 is 6.11. The molecular formula is C24H20ClN3O6. The maximum atomic E-state index is 12.8. The van der Waals surface area contributed by atoms with Crippen LogP contribution in [0.25, 0.3) is 0 Å². The quantitative estimate of drug-likeness (QED) is 0.269. The standard InChI is InChI=1S/C24H20ClN3O6/c25-19-9-5-4-8-18(19)24(31)27-20(15-6-2-1-3-7-15)13-22(29)34-14-17-11-10-16(23(26)30)12-21(17)28(32)33/h1-12,20H,13-14H2,(H2,26,30)(H,27,31). The van der Waals surface area contributed by atoms with Gasteiger partial charge in [-0.1, -0.05) is 54.1 Å². The lowest BCUT2D eigenvalue weighted by Crippen LogP contribution is -2.30. The molecule has 3 aromatic carbocycles. The summed E-state index contributed by atoms with van der Waals surface area (Å²) < 4.78 is 5.25. The molecule has 3 aromatic rings. The van der Waals surface area contributed by atoms with Crippen LogP contribution in [0, 0.1) is 10.1 Å². The van der Waals surface area contributed by atoms with Gasteiger partial charge < -0.3 is 15.8 Å². The molecule has 0 aliphatic carbocycles. The van der Waals surface area contributed by atoms with E-state index in [-0.39, 0.29) is 28.1 Å². The molecule has 3 N–H and O–H groups in total. The summed E-state index contributed by atoms with van der Waals surface area (Å²) in [6.07, 6.45) is -0.229. The van der Waals surface area contributed by atoms with Crippen LogP contribution in [0.5, 0.6) is 0 Å². The Morgan fingerprint density at radius 2 is 1.71 bits per heavy atom. The van der Waals surface area contributed by atoms with Gasteiger partial charge in [-0.25, -0.2) is 0 Å². The van der Waals surface area contributed by atoms with Gasteiger partial charge in [0.05, 0.1) is 33.5 Å². The van der Waals surface area contributed by atoms with Crippen molar-refractivity contribution in [1.29, 1.82) is 0 Å². The van der Waals surface area contributed by atoms with Gasteiger partial charge in [0.15, 0.2) is 0 Å².